The summed E-state index contributed by atoms with van der Waals surface area (Å²) in [5.41, 5.74) is 2.27. The zero-order valence-electron chi connectivity index (χ0n) is 18.0. The van der Waals surface area contributed by atoms with E-state index in [1.165, 1.54) is 5.56 Å². The number of nitrogens with zero attached hydrogens (tertiary/aromatic N) is 2. The van der Waals surface area contributed by atoms with Gasteiger partial charge in [-0.3, -0.25) is 4.79 Å². The molecule has 1 amide bonds. The fraction of sp³-hybridized carbons (Fsp3) is 0.360. The van der Waals surface area contributed by atoms with Crippen molar-refractivity contribution in [2.45, 2.75) is 32.1 Å². The van der Waals surface area contributed by atoms with Crippen molar-refractivity contribution in [3.05, 3.63) is 77.5 Å². The minimum Gasteiger partial charge on any atom is -0.493 e. The van der Waals surface area contributed by atoms with Crippen molar-refractivity contribution in [1.29, 1.82) is 0 Å². The smallest absolute Gasteiger partial charge is 0.260 e. The maximum Gasteiger partial charge on any atom is 0.260 e. The largest absolute Gasteiger partial charge is 0.493 e. The number of aromatic nitrogens is 1. The number of rotatable bonds is 7. The summed E-state index contributed by atoms with van der Waals surface area (Å²) >= 11 is 0. The Morgan fingerprint density at radius 1 is 1.19 bits per heavy atom. The lowest BCUT2D eigenvalue weighted by Crippen LogP contribution is -2.41. The molecule has 4 rings (SSSR count). The monoisotopic (exact) mass is 420 g/mol. The number of aryl methyl sites for hydroxylation is 1. The molecule has 31 heavy (non-hydrogen) atoms. The molecule has 1 aromatic heterocycles. The third-order valence-electron chi connectivity index (χ3n) is 5.59. The van der Waals surface area contributed by atoms with E-state index in [1.54, 1.807) is 13.3 Å². The van der Waals surface area contributed by atoms with Crippen LogP contribution in [-0.4, -0.2) is 42.6 Å². The number of hydrogen-bond acceptors (Lipinski definition) is 5. The second kappa shape index (κ2) is 9.69. The first-order chi connectivity index (χ1) is 15.1. The Morgan fingerprint density at radius 2 is 2.03 bits per heavy atom. The molecule has 1 aliphatic rings. The van der Waals surface area contributed by atoms with Gasteiger partial charge in [-0.25, -0.2) is 4.98 Å². The maximum atomic E-state index is 12.8. The normalized spacial score (nSPS) is 16.2. The molecule has 6 nitrogen and oxygen atoms in total. The number of ether oxygens (including phenoxy) is 2. The van der Waals surface area contributed by atoms with Crippen LogP contribution in [0.15, 0.2) is 59.1 Å². The Morgan fingerprint density at radius 3 is 2.84 bits per heavy atom. The number of amides is 1. The number of benzene rings is 2. The third-order valence-corrected chi connectivity index (χ3v) is 5.59. The molecule has 0 aliphatic carbocycles. The second-order valence-corrected chi connectivity index (χ2v) is 7.95. The van der Waals surface area contributed by atoms with E-state index < -0.39 is 0 Å². The van der Waals surface area contributed by atoms with Crippen LogP contribution < -0.4 is 9.47 Å². The molecule has 1 aliphatic heterocycles. The first-order valence-electron chi connectivity index (χ1n) is 10.7. The number of hydrogen-bond donors (Lipinski definition) is 0. The van der Waals surface area contributed by atoms with Gasteiger partial charge in [-0.2, -0.15) is 0 Å². The molecular weight excluding hydrogens is 392 g/mol. The highest BCUT2D eigenvalue weighted by atomic mass is 16.5. The summed E-state index contributed by atoms with van der Waals surface area (Å²) in [6, 6.07) is 15.9. The van der Waals surface area contributed by atoms with Gasteiger partial charge in [0.15, 0.2) is 24.0 Å². The summed E-state index contributed by atoms with van der Waals surface area (Å²) in [4.78, 5) is 19.1. The molecule has 162 valence electrons. The topological polar surface area (TPSA) is 64.8 Å². The number of carbonyl (C=O) groups is 1. The molecule has 0 bridgehead atoms. The van der Waals surface area contributed by atoms with Crippen molar-refractivity contribution in [2.24, 2.45) is 0 Å². The van der Waals surface area contributed by atoms with Gasteiger partial charge in [0.05, 0.1) is 19.2 Å². The average Bonchev–Trinajstić information content (AvgIpc) is 3.27. The van der Waals surface area contributed by atoms with Crippen LogP contribution >= 0.6 is 0 Å². The first-order valence-corrected chi connectivity index (χ1v) is 10.7. The average molecular weight is 421 g/mol. The predicted octanol–water partition coefficient (Wildman–Crippen LogP) is 4.37. The van der Waals surface area contributed by atoms with E-state index in [2.05, 4.69) is 17.1 Å². The van der Waals surface area contributed by atoms with Gasteiger partial charge in [0, 0.05) is 19.5 Å². The lowest BCUT2D eigenvalue weighted by Gasteiger charge is -2.31. The Bertz CT molecular complexity index is 1020. The highest BCUT2D eigenvalue weighted by Gasteiger charge is 2.28. The van der Waals surface area contributed by atoms with Gasteiger partial charge >= 0.3 is 0 Å². The second-order valence-electron chi connectivity index (χ2n) is 7.95. The van der Waals surface area contributed by atoms with E-state index in [1.807, 2.05) is 48.2 Å². The van der Waals surface area contributed by atoms with E-state index in [0.717, 1.165) is 37.1 Å². The fourth-order valence-electron chi connectivity index (χ4n) is 3.92. The molecule has 2 aromatic carbocycles. The zero-order valence-corrected chi connectivity index (χ0v) is 18.0. The van der Waals surface area contributed by atoms with E-state index in [9.17, 15) is 4.79 Å². The number of piperidine rings is 1. The molecule has 1 fully saturated rings. The van der Waals surface area contributed by atoms with E-state index in [0.29, 0.717) is 23.9 Å². The van der Waals surface area contributed by atoms with Gasteiger partial charge in [0.1, 0.15) is 5.76 Å². The van der Waals surface area contributed by atoms with E-state index >= 15 is 0 Å². The van der Waals surface area contributed by atoms with E-state index in [-0.39, 0.29) is 18.4 Å². The predicted molar refractivity (Wildman–Crippen MR) is 118 cm³/mol. The summed E-state index contributed by atoms with van der Waals surface area (Å²) in [6.45, 7) is 3.29. The van der Waals surface area contributed by atoms with Gasteiger partial charge in [0.2, 0.25) is 0 Å². The molecule has 6 heteroatoms. The van der Waals surface area contributed by atoms with Crippen LogP contribution in [0.5, 0.6) is 11.5 Å². The third kappa shape index (κ3) is 5.26. The van der Waals surface area contributed by atoms with Crippen molar-refractivity contribution in [3.63, 3.8) is 0 Å². The minimum atomic E-state index is -0.0385. The fourth-order valence-corrected chi connectivity index (χ4v) is 3.92. The SMILES string of the molecule is COc1cc(C)ccc1OCC(=O)N1CCC[C@@H](c2ncc(Cc3ccccc3)o2)C1. The Balaban J connectivity index is 1.34. The zero-order chi connectivity index (χ0) is 21.6. The van der Waals surface area contributed by atoms with Crippen molar-refractivity contribution in [2.75, 3.05) is 26.8 Å². The molecule has 0 N–H and O–H groups in total. The molecule has 0 saturated carbocycles. The highest BCUT2D eigenvalue weighted by Crippen LogP contribution is 2.29. The quantitative estimate of drug-likeness (QED) is 0.568. The number of oxazole rings is 1. The molecule has 0 radical (unpaired) electrons. The lowest BCUT2D eigenvalue weighted by molar-refractivity contribution is -0.134. The standard InChI is InChI=1S/C25H28N2O4/c1-18-10-11-22(23(13-18)29-2)30-17-24(28)27-12-6-9-20(16-27)25-26-15-21(31-25)14-19-7-4-3-5-8-19/h3-5,7-8,10-11,13,15,20H,6,9,12,14,16-17H2,1-2H3/t20-/m1/s1. The summed E-state index contributed by atoms with van der Waals surface area (Å²) in [6.07, 6.45) is 4.40. The van der Waals surface area contributed by atoms with Gasteiger partial charge in [0.25, 0.3) is 5.91 Å². The molecule has 1 atom stereocenters. The number of likely N-dealkylation sites (tertiary alicyclic amines) is 1. The molecule has 2 heterocycles. The summed E-state index contributed by atoms with van der Waals surface area (Å²) in [7, 11) is 1.60. The molecule has 3 aromatic rings. The van der Waals surface area contributed by atoms with Crippen LogP contribution in [0, 0.1) is 6.92 Å². The Kier molecular flexibility index (Phi) is 6.55. The number of methoxy groups -OCH3 is 1. The Labute approximate surface area is 182 Å². The molecular formula is C25H28N2O4. The van der Waals surface area contributed by atoms with Crippen molar-refractivity contribution < 1.29 is 18.7 Å². The number of carbonyl (C=O) groups excluding carboxylic acids is 1. The molecule has 1 saturated heterocycles. The van der Waals surface area contributed by atoms with Gasteiger partial charge in [-0.15, -0.1) is 0 Å². The van der Waals surface area contributed by atoms with Crippen molar-refractivity contribution >= 4 is 5.91 Å². The van der Waals surface area contributed by atoms with E-state index in [4.69, 9.17) is 13.9 Å². The van der Waals surface area contributed by atoms with Gasteiger partial charge < -0.3 is 18.8 Å². The summed E-state index contributed by atoms with van der Waals surface area (Å²) in [5, 5.41) is 0. The Hall–Kier alpha value is -3.28. The van der Waals surface area contributed by atoms with Crippen molar-refractivity contribution in [3.8, 4) is 11.5 Å². The van der Waals surface area contributed by atoms with Crippen LogP contribution in [0.2, 0.25) is 0 Å². The van der Waals surface area contributed by atoms with Crippen LogP contribution in [0.3, 0.4) is 0 Å². The van der Waals surface area contributed by atoms with Crippen LogP contribution in [0.1, 0.15) is 41.5 Å². The lowest BCUT2D eigenvalue weighted by atomic mass is 9.98. The van der Waals surface area contributed by atoms with Crippen molar-refractivity contribution in [1.82, 2.24) is 9.88 Å². The first kappa shape index (κ1) is 21.0. The van der Waals surface area contributed by atoms with Gasteiger partial charge in [-0.05, 0) is 43.0 Å². The summed E-state index contributed by atoms with van der Waals surface area (Å²) in [5.74, 6) is 2.84. The minimum absolute atomic E-state index is 0.0169. The summed E-state index contributed by atoms with van der Waals surface area (Å²) < 4.78 is 17.1. The van der Waals surface area contributed by atoms with Gasteiger partial charge in [-0.1, -0.05) is 36.4 Å². The van der Waals surface area contributed by atoms with Crippen LogP contribution in [-0.2, 0) is 11.2 Å². The molecule has 0 spiro atoms. The maximum absolute atomic E-state index is 12.8. The highest BCUT2D eigenvalue weighted by molar-refractivity contribution is 5.78. The van der Waals surface area contributed by atoms with Crippen LogP contribution in [0.4, 0.5) is 0 Å². The molecule has 0 unspecified atom stereocenters. The van der Waals surface area contributed by atoms with Crippen LogP contribution in [0.25, 0.3) is 0 Å².